The van der Waals surface area contributed by atoms with Gasteiger partial charge in [-0.25, -0.2) is 0 Å². The lowest BCUT2D eigenvalue weighted by Gasteiger charge is -2.32. The van der Waals surface area contributed by atoms with Crippen LogP contribution in [-0.2, 0) is 0 Å². The molecule has 18 heavy (non-hydrogen) atoms. The highest BCUT2D eigenvalue weighted by Gasteiger charge is 2.18. The number of quaternary nitrogens is 1. The SMILES string of the molecule is CCCCCCCC[N+](C)(CO)CCCCC.[I-]. The van der Waals surface area contributed by atoms with Gasteiger partial charge in [0.15, 0.2) is 6.73 Å². The minimum Gasteiger partial charge on any atom is -1.00 e. The van der Waals surface area contributed by atoms with E-state index in [1.165, 1.54) is 57.8 Å². The van der Waals surface area contributed by atoms with Crippen molar-refractivity contribution >= 4 is 0 Å². The zero-order chi connectivity index (χ0) is 13.0. The molecule has 0 saturated carbocycles. The van der Waals surface area contributed by atoms with Gasteiger partial charge in [0.2, 0.25) is 0 Å². The molecule has 0 aliphatic rings. The minimum absolute atomic E-state index is 0. The van der Waals surface area contributed by atoms with Gasteiger partial charge >= 0.3 is 0 Å². The van der Waals surface area contributed by atoms with Gasteiger partial charge in [0, 0.05) is 0 Å². The van der Waals surface area contributed by atoms with Crippen LogP contribution in [0, 0.1) is 0 Å². The number of unbranched alkanes of at least 4 members (excludes halogenated alkanes) is 7. The lowest BCUT2D eigenvalue weighted by atomic mass is 10.1. The average Bonchev–Trinajstić information content (AvgIpc) is 2.34. The molecule has 0 bridgehead atoms. The van der Waals surface area contributed by atoms with E-state index in [0.29, 0.717) is 6.73 Å². The summed E-state index contributed by atoms with van der Waals surface area (Å²) in [5.74, 6) is 0. The molecule has 0 amide bonds. The molecule has 1 N–H and O–H groups in total. The summed E-state index contributed by atoms with van der Waals surface area (Å²) in [5.41, 5.74) is 0. The Morgan fingerprint density at radius 1 is 0.722 bits per heavy atom. The molecule has 0 aliphatic carbocycles. The Morgan fingerprint density at radius 3 is 1.61 bits per heavy atom. The summed E-state index contributed by atoms with van der Waals surface area (Å²) in [6.45, 7) is 7.08. The van der Waals surface area contributed by atoms with Gasteiger partial charge in [0.25, 0.3) is 0 Å². The molecule has 0 spiro atoms. The van der Waals surface area contributed by atoms with E-state index in [9.17, 15) is 5.11 Å². The molecule has 0 aliphatic heterocycles. The van der Waals surface area contributed by atoms with E-state index in [-0.39, 0.29) is 24.0 Å². The van der Waals surface area contributed by atoms with Gasteiger partial charge in [-0.15, -0.1) is 0 Å². The van der Waals surface area contributed by atoms with Gasteiger partial charge < -0.3 is 33.6 Å². The Bertz CT molecular complexity index is 167. The lowest BCUT2D eigenvalue weighted by Crippen LogP contribution is -3.00. The normalized spacial score (nSPS) is 14.0. The molecule has 0 radical (unpaired) electrons. The first-order valence-corrected chi connectivity index (χ1v) is 7.63. The van der Waals surface area contributed by atoms with Crippen LogP contribution < -0.4 is 24.0 Å². The number of nitrogens with zero attached hydrogens (tertiary/aromatic N) is 1. The van der Waals surface area contributed by atoms with E-state index >= 15 is 0 Å². The fraction of sp³-hybridized carbons (Fsp3) is 1.00. The van der Waals surface area contributed by atoms with Crippen molar-refractivity contribution in [3.63, 3.8) is 0 Å². The van der Waals surface area contributed by atoms with E-state index in [2.05, 4.69) is 20.9 Å². The molecule has 0 rings (SSSR count). The van der Waals surface area contributed by atoms with E-state index in [0.717, 1.165) is 17.6 Å². The predicted octanol–water partition coefficient (Wildman–Crippen LogP) is 0.938. The molecule has 0 aromatic heterocycles. The fourth-order valence-electron chi connectivity index (χ4n) is 2.27. The Labute approximate surface area is 132 Å². The fourth-order valence-corrected chi connectivity index (χ4v) is 2.27. The van der Waals surface area contributed by atoms with E-state index in [4.69, 9.17) is 0 Å². The summed E-state index contributed by atoms with van der Waals surface area (Å²) in [6.07, 6.45) is 11.9. The predicted molar refractivity (Wildman–Crippen MR) is 75.9 cm³/mol. The number of aliphatic hydroxyl groups is 1. The molecule has 3 heteroatoms. The first kappa shape index (κ1) is 21.0. The van der Waals surface area contributed by atoms with Crippen LogP contribution in [0.2, 0.25) is 0 Å². The first-order valence-electron chi connectivity index (χ1n) is 7.63. The highest BCUT2D eigenvalue weighted by Crippen LogP contribution is 2.11. The van der Waals surface area contributed by atoms with Crippen LogP contribution in [-0.4, -0.2) is 36.5 Å². The van der Waals surface area contributed by atoms with Crippen molar-refractivity contribution in [3.05, 3.63) is 0 Å². The second-order valence-corrected chi connectivity index (χ2v) is 5.68. The number of aliphatic hydroxyl groups excluding tert-OH is 1. The number of hydrogen-bond acceptors (Lipinski definition) is 1. The molecule has 1 unspecified atom stereocenters. The summed E-state index contributed by atoms with van der Waals surface area (Å²) < 4.78 is 0.855. The van der Waals surface area contributed by atoms with Crippen LogP contribution in [0.5, 0.6) is 0 Å². The highest BCUT2D eigenvalue weighted by atomic mass is 127. The molecule has 0 fully saturated rings. The quantitative estimate of drug-likeness (QED) is 0.234. The maximum Gasteiger partial charge on any atom is 0.180 e. The maximum absolute atomic E-state index is 9.50. The third kappa shape index (κ3) is 11.7. The lowest BCUT2D eigenvalue weighted by molar-refractivity contribution is -0.927. The molecule has 0 saturated heterocycles. The van der Waals surface area contributed by atoms with Crippen molar-refractivity contribution in [3.8, 4) is 0 Å². The maximum atomic E-state index is 9.50. The Morgan fingerprint density at radius 2 is 1.11 bits per heavy atom. The summed E-state index contributed by atoms with van der Waals surface area (Å²) in [7, 11) is 2.20. The second kappa shape index (κ2) is 14.1. The molecular formula is C15H34INO. The topological polar surface area (TPSA) is 20.2 Å². The Balaban J connectivity index is 0. The van der Waals surface area contributed by atoms with Crippen molar-refractivity contribution in [2.45, 2.75) is 71.6 Å². The van der Waals surface area contributed by atoms with Gasteiger partial charge in [-0.05, 0) is 25.7 Å². The molecule has 0 aromatic rings. The molecule has 1 atom stereocenters. The number of hydrogen-bond donors (Lipinski definition) is 1. The summed E-state index contributed by atoms with van der Waals surface area (Å²) >= 11 is 0. The van der Waals surface area contributed by atoms with Crippen molar-refractivity contribution in [1.29, 1.82) is 0 Å². The minimum atomic E-state index is 0. The average molecular weight is 371 g/mol. The zero-order valence-electron chi connectivity index (χ0n) is 12.8. The van der Waals surface area contributed by atoms with Gasteiger partial charge in [-0.3, -0.25) is 0 Å². The molecule has 2 nitrogen and oxygen atoms in total. The van der Waals surface area contributed by atoms with E-state index in [1.54, 1.807) is 0 Å². The van der Waals surface area contributed by atoms with Crippen molar-refractivity contribution in [2.75, 3.05) is 26.9 Å². The summed E-state index contributed by atoms with van der Waals surface area (Å²) in [5, 5.41) is 9.50. The standard InChI is InChI=1S/C15H34NO.HI/c1-4-6-8-9-10-12-14-16(3,15-17)13-11-7-5-2;/h17H,4-15H2,1-3H3;1H/q+1;/p-1. The van der Waals surface area contributed by atoms with E-state index in [1.807, 2.05) is 0 Å². The van der Waals surface area contributed by atoms with Crippen LogP contribution in [0.25, 0.3) is 0 Å². The van der Waals surface area contributed by atoms with Gasteiger partial charge in [0.1, 0.15) is 0 Å². The van der Waals surface area contributed by atoms with Gasteiger partial charge in [-0.2, -0.15) is 0 Å². The monoisotopic (exact) mass is 371 g/mol. The van der Waals surface area contributed by atoms with Crippen LogP contribution in [0.1, 0.15) is 71.6 Å². The van der Waals surface area contributed by atoms with Crippen LogP contribution in [0.3, 0.4) is 0 Å². The van der Waals surface area contributed by atoms with Crippen molar-refractivity contribution < 1.29 is 33.6 Å². The largest absolute Gasteiger partial charge is 1.00 e. The van der Waals surface area contributed by atoms with Crippen LogP contribution in [0.15, 0.2) is 0 Å². The Kier molecular flexibility index (Phi) is 16.4. The van der Waals surface area contributed by atoms with E-state index < -0.39 is 0 Å². The van der Waals surface area contributed by atoms with Crippen LogP contribution >= 0.6 is 0 Å². The third-order valence-electron chi connectivity index (χ3n) is 3.69. The van der Waals surface area contributed by atoms with Crippen molar-refractivity contribution in [2.24, 2.45) is 0 Å². The van der Waals surface area contributed by atoms with Crippen LogP contribution in [0.4, 0.5) is 0 Å². The van der Waals surface area contributed by atoms with Gasteiger partial charge in [-0.1, -0.05) is 46.0 Å². The number of rotatable bonds is 12. The molecular weight excluding hydrogens is 337 g/mol. The smallest absolute Gasteiger partial charge is 0.180 e. The van der Waals surface area contributed by atoms with Crippen molar-refractivity contribution in [1.82, 2.24) is 0 Å². The molecule has 0 aromatic carbocycles. The highest BCUT2D eigenvalue weighted by molar-refractivity contribution is 4.45. The zero-order valence-corrected chi connectivity index (χ0v) is 14.9. The number of halogens is 1. The first-order chi connectivity index (χ1) is 8.18. The van der Waals surface area contributed by atoms with Gasteiger partial charge in [0.05, 0.1) is 20.1 Å². The molecule has 112 valence electrons. The Hall–Kier alpha value is 0.650. The third-order valence-corrected chi connectivity index (χ3v) is 3.69. The molecule has 0 heterocycles. The second-order valence-electron chi connectivity index (χ2n) is 5.68. The summed E-state index contributed by atoms with van der Waals surface area (Å²) in [4.78, 5) is 0. The summed E-state index contributed by atoms with van der Waals surface area (Å²) in [6, 6.07) is 0.